The predicted molar refractivity (Wildman–Crippen MR) is 80.5 cm³/mol. The summed E-state index contributed by atoms with van der Waals surface area (Å²) < 4.78 is 20.2. The van der Waals surface area contributed by atoms with E-state index in [1.165, 1.54) is 28.8 Å². The van der Waals surface area contributed by atoms with Gasteiger partial charge in [-0.2, -0.15) is 9.50 Å². The van der Waals surface area contributed by atoms with Gasteiger partial charge in [0.2, 0.25) is 5.88 Å². The second-order valence-corrected chi connectivity index (χ2v) is 4.79. The molecule has 23 heavy (non-hydrogen) atoms. The quantitative estimate of drug-likeness (QED) is 0.582. The highest BCUT2D eigenvalue weighted by molar-refractivity contribution is 5.59. The van der Waals surface area contributed by atoms with Crippen LogP contribution in [-0.4, -0.2) is 25.0 Å². The van der Waals surface area contributed by atoms with Gasteiger partial charge in [-0.15, -0.1) is 5.10 Å². The molecule has 0 aliphatic carbocycles. The molecule has 2 aromatic carbocycles. The molecular weight excluding hydrogens is 297 g/mol. The highest BCUT2D eigenvalue weighted by atomic mass is 19.1. The van der Waals surface area contributed by atoms with Crippen LogP contribution in [0.4, 0.5) is 4.39 Å². The summed E-state index contributed by atoms with van der Waals surface area (Å²) in [6.45, 7) is 0. The molecule has 0 aliphatic heterocycles. The van der Waals surface area contributed by atoms with E-state index in [0.717, 1.165) is 5.56 Å². The average Bonchev–Trinajstić information content (AvgIpc) is 3.05. The summed E-state index contributed by atoms with van der Waals surface area (Å²) in [5, 5.41) is 11.6. The standard InChI is InChI=1S/C16H10FN5O/c17-12-6-8-13(9-7-12)23-15-10-14-19-20-21-22(14)16(18-15)11-4-2-1-3-5-11/h1-10H. The summed E-state index contributed by atoms with van der Waals surface area (Å²) in [4.78, 5) is 4.47. The Balaban J connectivity index is 1.80. The van der Waals surface area contributed by atoms with Crippen LogP contribution in [0.1, 0.15) is 0 Å². The van der Waals surface area contributed by atoms with Gasteiger partial charge >= 0.3 is 0 Å². The summed E-state index contributed by atoms with van der Waals surface area (Å²) >= 11 is 0. The van der Waals surface area contributed by atoms with Gasteiger partial charge in [0.25, 0.3) is 0 Å². The van der Waals surface area contributed by atoms with E-state index in [1.54, 1.807) is 6.07 Å². The second-order valence-electron chi connectivity index (χ2n) is 4.79. The first-order chi connectivity index (χ1) is 11.3. The lowest BCUT2D eigenvalue weighted by Crippen LogP contribution is -2.00. The topological polar surface area (TPSA) is 65.2 Å². The number of benzene rings is 2. The van der Waals surface area contributed by atoms with Crippen molar-refractivity contribution in [2.75, 3.05) is 0 Å². The molecule has 0 amide bonds. The van der Waals surface area contributed by atoms with E-state index in [-0.39, 0.29) is 5.82 Å². The van der Waals surface area contributed by atoms with Crippen molar-refractivity contribution in [2.24, 2.45) is 0 Å². The number of tetrazole rings is 1. The zero-order valence-corrected chi connectivity index (χ0v) is 11.8. The Bertz CT molecular complexity index is 953. The molecule has 0 radical (unpaired) electrons. The summed E-state index contributed by atoms with van der Waals surface area (Å²) in [5.41, 5.74) is 1.37. The van der Waals surface area contributed by atoms with Crippen molar-refractivity contribution in [3.8, 4) is 23.0 Å². The third-order valence-corrected chi connectivity index (χ3v) is 3.23. The van der Waals surface area contributed by atoms with Gasteiger partial charge < -0.3 is 4.74 Å². The van der Waals surface area contributed by atoms with E-state index in [1.807, 2.05) is 30.3 Å². The van der Waals surface area contributed by atoms with Crippen LogP contribution in [0.2, 0.25) is 0 Å². The first-order valence-electron chi connectivity index (χ1n) is 6.87. The lowest BCUT2D eigenvalue weighted by Gasteiger charge is -2.08. The molecule has 4 rings (SSSR count). The largest absolute Gasteiger partial charge is 0.439 e. The normalized spacial score (nSPS) is 10.8. The van der Waals surface area contributed by atoms with Crippen LogP contribution >= 0.6 is 0 Å². The number of aromatic nitrogens is 5. The van der Waals surface area contributed by atoms with E-state index in [9.17, 15) is 4.39 Å². The van der Waals surface area contributed by atoms with Crippen LogP contribution in [0.15, 0.2) is 60.7 Å². The number of nitrogens with zero attached hydrogens (tertiary/aromatic N) is 5. The molecule has 6 nitrogen and oxygen atoms in total. The van der Waals surface area contributed by atoms with Crippen molar-refractivity contribution >= 4 is 5.65 Å². The van der Waals surface area contributed by atoms with Crippen LogP contribution in [0.3, 0.4) is 0 Å². The molecule has 4 aromatic rings. The van der Waals surface area contributed by atoms with Crippen molar-refractivity contribution < 1.29 is 9.13 Å². The molecular formula is C16H10FN5O. The maximum atomic E-state index is 13.0. The second kappa shape index (κ2) is 5.45. The summed E-state index contributed by atoms with van der Waals surface area (Å²) in [5.74, 6) is 1.05. The van der Waals surface area contributed by atoms with Crippen LogP contribution in [0.25, 0.3) is 17.0 Å². The third kappa shape index (κ3) is 2.59. The van der Waals surface area contributed by atoms with Crippen LogP contribution < -0.4 is 4.74 Å². The zero-order chi connectivity index (χ0) is 15.6. The zero-order valence-electron chi connectivity index (χ0n) is 11.8. The molecule has 0 fully saturated rings. The highest BCUT2D eigenvalue weighted by Crippen LogP contribution is 2.24. The molecule has 0 spiro atoms. The first kappa shape index (κ1) is 13.3. The fourth-order valence-corrected chi connectivity index (χ4v) is 2.18. The molecule has 0 unspecified atom stereocenters. The number of halogens is 1. The van der Waals surface area contributed by atoms with Gasteiger partial charge in [0.15, 0.2) is 11.5 Å². The Kier molecular flexibility index (Phi) is 3.16. The molecule has 7 heteroatoms. The maximum Gasteiger partial charge on any atom is 0.225 e. The van der Waals surface area contributed by atoms with Gasteiger partial charge in [0.05, 0.1) is 0 Å². The number of hydrogen-bond donors (Lipinski definition) is 0. The number of rotatable bonds is 3. The SMILES string of the molecule is Fc1ccc(Oc2cc3nnnn3c(-c3ccccc3)n2)cc1. The summed E-state index contributed by atoms with van der Waals surface area (Å²) in [6, 6.07) is 16.9. The minimum absolute atomic E-state index is 0.326. The van der Waals surface area contributed by atoms with Crippen molar-refractivity contribution in [2.45, 2.75) is 0 Å². The van der Waals surface area contributed by atoms with E-state index < -0.39 is 0 Å². The number of hydrogen-bond acceptors (Lipinski definition) is 5. The van der Waals surface area contributed by atoms with E-state index in [0.29, 0.717) is 23.1 Å². The van der Waals surface area contributed by atoms with Gasteiger partial charge in [-0.3, -0.25) is 0 Å². The first-order valence-corrected chi connectivity index (χ1v) is 6.87. The monoisotopic (exact) mass is 307 g/mol. The molecule has 0 saturated carbocycles. The van der Waals surface area contributed by atoms with Gasteiger partial charge in [0.1, 0.15) is 11.6 Å². The maximum absolute atomic E-state index is 13.0. The minimum atomic E-state index is -0.326. The highest BCUT2D eigenvalue weighted by Gasteiger charge is 2.12. The van der Waals surface area contributed by atoms with E-state index in [2.05, 4.69) is 20.5 Å². The molecule has 0 N–H and O–H groups in total. The van der Waals surface area contributed by atoms with Gasteiger partial charge in [-0.1, -0.05) is 30.3 Å². The number of ether oxygens (including phenoxy) is 1. The molecule has 0 aliphatic rings. The van der Waals surface area contributed by atoms with Gasteiger partial charge in [0, 0.05) is 11.6 Å². The molecule has 0 bridgehead atoms. The van der Waals surface area contributed by atoms with Crippen molar-refractivity contribution in [1.29, 1.82) is 0 Å². The number of fused-ring (bicyclic) bond motifs is 1. The summed E-state index contributed by atoms with van der Waals surface area (Å²) in [6.07, 6.45) is 0. The predicted octanol–water partition coefficient (Wildman–Crippen LogP) is 3.12. The Morgan fingerprint density at radius 2 is 1.74 bits per heavy atom. The van der Waals surface area contributed by atoms with Crippen molar-refractivity contribution in [3.05, 3.63) is 66.5 Å². The lowest BCUT2D eigenvalue weighted by atomic mass is 10.2. The molecule has 112 valence electrons. The fourth-order valence-electron chi connectivity index (χ4n) is 2.18. The Hall–Kier alpha value is -3.35. The van der Waals surface area contributed by atoms with Gasteiger partial charge in [-0.05, 0) is 34.7 Å². The average molecular weight is 307 g/mol. The Morgan fingerprint density at radius 3 is 2.52 bits per heavy atom. The molecule has 0 saturated heterocycles. The van der Waals surface area contributed by atoms with Crippen LogP contribution in [-0.2, 0) is 0 Å². The molecule has 0 atom stereocenters. The molecule has 2 aromatic heterocycles. The minimum Gasteiger partial charge on any atom is -0.439 e. The Labute approximate surface area is 130 Å². The van der Waals surface area contributed by atoms with Crippen LogP contribution in [0, 0.1) is 5.82 Å². The smallest absolute Gasteiger partial charge is 0.225 e. The van der Waals surface area contributed by atoms with E-state index in [4.69, 9.17) is 4.74 Å². The fraction of sp³-hybridized carbons (Fsp3) is 0. The van der Waals surface area contributed by atoms with E-state index >= 15 is 0 Å². The Morgan fingerprint density at radius 1 is 0.957 bits per heavy atom. The third-order valence-electron chi connectivity index (χ3n) is 3.23. The van der Waals surface area contributed by atoms with Crippen molar-refractivity contribution in [1.82, 2.24) is 25.0 Å². The summed E-state index contributed by atoms with van der Waals surface area (Å²) in [7, 11) is 0. The van der Waals surface area contributed by atoms with Crippen molar-refractivity contribution in [3.63, 3.8) is 0 Å². The van der Waals surface area contributed by atoms with Gasteiger partial charge in [-0.25, -0.2) is 4.39 Å². The molecule has 2 heterocycles. The van der Waals surface area contributed by atoms with Crippen LogP contribution in [0.5, 0.6) is 11.6 Å². The lowest BCUT2D eigenvalue weighted by molar-refractivity contribution is 0.460.